The largest absolute Gasteiger partial charge is 0.332 e. The molecule has 0 radical (unpaired) electrons. The van der Waals surface area contributed by atoms with Gasteiger partial charge in [-0.05, 0) is 36.6 Å². The molecule has 2 heterocycles. The van der Waals surface area contributed by atoms with Crippen LogP contribution in [0.5, 0.6) is 0 Å². The van der Waals surface area contributed by atoms with Crippen LogP contribution < -0.4 is 16.6 Å². The Morgan fingerprint density at radius 2 is 1.96 bits per heavy atom. The molecular weight excluding hydrogens is 376 g/mol. The minimum absolute atomic E-state index is 0.145. The zero-order valence-corrected chi connectivity index (χ0v) is 17.1. The van der Waals surface area contributed by atoms with E-state index in [9.17, 15) is 14.4 Å². The molecule has 8 heteroatoms. The number of hydrogen-bond acceptors (Lipinski definition) is 5. The molecule has 1 N–H and O–H groups in total. The van der Waals surface area contributed by atoms with Crippen LogP contribution in [0.3, 0.4) is 0 Å². The normalized spacial score (nSPS) is 11.0. The monoisotopic (exact) mass is 398 g/mol. The third kappa shape index (κ3) is 3.73. The molecule has 28 heavy (non-hydrogen) atoms. The van der Waals surface area contributed by atoms with Crippen molar-refractivity contribution in [1.29, 1.82) is 0 Å². The number of rotatable bonds is 5. The second-order valence-electron chi connectivity index (χ2n) is 6.58. The molecular formula is C20H22N4O3S. The molecule has 0 aliphatic rings. The summed E-state index contributed by atoms with van der Waals surface area (Å²) < 4.78 is 2.42. The Balaban J connectivity index is 1.97. The van der Waals surface area contributed by atoms with Gasteiger partial charge in [-0.15, -0.1) is 11.8 Å². The van der Waals surface area contributed by atoms with Gasteiger partial charge in [0.15, 0.2) is 0 Å². The lowest BCUT2D eigenvalue weighted by atomic mass is 10.2. The highest BCUT2D eigenvalue weighted by atomic mass is 32.2. The van der Waals surface area contributed by atoms with E-state index >= 15 is 0 Å². The van der Waals surface area contributed by atoms with Crippen molar-refractivity contribution in [2.75, 3.05) is 11.1 Å². The highest BCUT2D eigenvalue weighted by Crippen LogP contribution is 2.28. The number of anilines is 1. The number of amides is 1. The van der Waals surface area contributed by atoms with E-state index in [1.807, 2.05) is 38.1 Å². The lowest BCUT2D eigenvalue weighted by Crippen LogP contribution is -2.37. The highest BCUT2D eigenvalue weighted by Gasteiger charge is 2.18. The van der Waals surface area contributed by atoms with Gasteiger partial charge in [0.2, 0.25) is 5.91 Å². The molecule has 3 rings (SSSR count). The SMILES string of the molecule is CCc1cnc2c(c1SCC(=O)Nc1cccc(C)c1)c(=O)n(C)c(=O)n2C. The minimum Gasteiger partial charge on any atom is -0.325 e. The second-order valence-corrected chi connectivity index (χ2v) is 7.56. The molecule has 0 atom stereocenters. The smallest absolute Gasteiger partial charge is 0.325 e. The maximum Gasteiger partial charge on any atom is 0.332 e. The van der Waals surface area contributed by atoms with Gasteiger partial charge in [0, 0.05) is 30.9 Å². The third-order valence-corrected chi connectivity index (χ3v) is 5.69. The first-order valence-corrected chi connectivity index (χ1v) is 9.89. The number of nitrogens with one attached hydrogen (secondary N) is 1. The van der Waals surface area contributed by atoms with Crippen LogP contribution in [0.4, 0.5) is 5.69 Å². The van der Waals surface area contributed by atoms with E-state index in [2.05, 4.69) is 10.3 Å². The number of pyridine rings is 1. The highest BCUT2D eigenvalue weighted by molar-refractivity contribution is 8.00. The van der Waals surface area contributed by atoms with Crippen molar-refractivity contribution in [3.05, 3.63) is 62.4 Å². The average molecular weight is 398 g/mol. The summed E-state index contributed by atoms with van der Waals surface area (Å²) in [6.45, 7) is 3.92. The summed E-state index contributed by atoms with van der Waals surface area (Å²) in [5.41, 5.74) is 2.16. The fraction of sp³-hybridized carbons (Fsp3) is 0.300. The Bertz CT molecular complexity index is 1180. The van der Waals surface area contributed by atoms with Crippen molar-refractivity contribution < 1.29 is 4.79 Å². The lowest BCUT2D eigenvalue weighted by molar-refractivity contribution is -0.113. The van der Waals surface area contributed by atoms with Gasteiger partial charge in [0.1, 0.15) is 5.65 Å². The van der Waals surface area contributed by atoms with Crippen molar-refractivity contribution in [2.24, 2.45) is 14.1 Å². The van der Waals surface area contributed by atoms with Crippen LogP contribution in [-0.4, -0.2) is 25.8 Å². The number of benzene rings is 1. The van der Waals surface area contributed by atoms with Crippen LogP contribution in [0.25, 0.3) is 11.0 Å². The first kappa shape index (κ1) is 19.9. The van der Waals surface area contributed by atoms with Crippen LogP contribution >= 0.6 is 11.8 Å². The fourth-order valence-electron chi connectivity index (χ4n) is 3.02. The van der Waals surface area contributed by atoms with Gasteiger partial charge in [-0.2, -0.15) is 0 Å². The van der Waals surface area contributed by atoms with Crippen LogP contribution in [-0.2, 0) is 25.3 Å². The molecule has 0 saturated carbocycles. The van der Waals surface area contributed by atoms with Crippen molar-refractivity contribution >= 4 is 34.4 Å². The summed E-state index contributed by atoms with van der Waals surface area (Å²) in [6.07, 6.45) is 2.33. The lowest BCUT2D eigenvalue weighted by Gasteiger charge is -2.13. The van der Waals surface area contributed by atoms with E-state index in [1.54, 1.807) is 13.2 Å². The molecule has 0 aliphatic carbocycles. The minimum atomic E-state index is -0.428. The number of thioether (sulfide) groups is 1. The molecule has 7 nitrogen and oxygen atoms in total. The van der Waals surface area contributed by atoms with E-state index in [0.29, 0.717) is 22.3 Å². The Morgan fingerprint density at radius 1 is 1.21 bits per heavy atom. The summed E-state index contributed by atoms with van der Waals surface area (Å²) in [5, 5.41) is 3.24. The predicted octanol–water partition coefficient (Wildman–Crippen LogP) is 2.23. The predicted molar refractivity (Wildman–Crippen MR) is 112 cm³/mol. The van der Waals surface area contributed by atoms with E-state index in [4.69, 9.17) is 0 Å². The Hall–Kier alpha value is -2.87. The summed E-state index contributed by atoms with van der Waals surface area (Å²) in [7, 11) is 3.03. The second kappa shape index (κ2) is 8.02. The van der Waals surface area contributed by atoms with Crippen molar-refractivity contribution in [3.63, 3.8) is 0 Å². The standard InChI is InChI=1S/C20H22N4O3S/c1-5-13-10-21-18-16(19(26)24(4)20(27)23(18)3)17(13)28-11-15(25)22-14-8-6-7-12(2)9-14/h6-10H,5,11H2,1-4H3,(H,22,25). The first-order valence-electron chi connectivity index (χ1n) is 8.90. The van der Waals surface area contributed by atoms with Gasteiger partial charge in [0.25, 0.3) is 5.56 Å². The number of fused-ring (bicyclic) bond motifs is 1. The molecule has 0 fully saturated rings. The zero-order chi connectivity index (χ0) is 20.4. The molecule has 0 unspecified atom stereocenters. The van der Waals surface area contributed by atoms with Gasteiger partial charge in [-0.25, -0.2) is 9.78 Å². The fourth-order valence-corrected chi connectivity index (χ4v) is 4.07. The number of aryl methyl sites for hydroxylation is 3. The van der Waals surface area contributed by atoms with E-state index in [-0.39, 0.29) is 11.7 Å². The van der Waals surface area contributed by atoms with Crippen molar-refractivity contribution in [1.82, 2.24) is 14.1 Å². The maximum absolute atomic E-state index is 12.8. The number of hydrogen-bond donors (Lipinski definition) is 1. The maximum atomic E-state index is 12.8. The Morgan fingerprint density at radius 3 is 2.64 bits per heavy atom. The molecule has 3 aromatic rings. The summed E-state index contributed by atoms with van der Waals surface area (Å²) in [5.74, 6) is -0.0178. The van der Waals surface area contributed by atoms with Crippen molar-refractivity contribution in [2.45, 2.75) is 25.2 Å². The van der Waals surface area contributed by atoms with Crippen LogP contribution in [0.1, 0.15) is 18.1 Å². The zero-order valence-electron chi connectivity index (χ0n) is 16.3. The summed E-state index contributed by atoms with van der Waals surface area (Å²) >= 11 is 1.29. The number of carbonyl (C=O) groups excluding carboxylic acids is 1. The molecule has 2 aromatic heterocycles. The molecule has 0 aliphatic heterocycles. The number of carbonyl (C=O) groups is 1. The van der Waals surface area contributed by atoms with Crippen molar-refractivity contribution in [3.8, 4) is 0 Å². The average Bonchev–Trinajstić information content (AvgIpc) is 2.68. The van der Waals surface area contributed by atoms with Crippen LogP contribution in [0.2, 0.25) is 0 Å². The molecule has 0 spiro atoms. The molecule has 1 amide bonds. The van der Waals surface area contributed by atoms with Crippen LogP contribution in [0.15, 0.2) is 44.9 Å². The number of aromatic nitrogens is 3. The van der Waals surface area contributed by atoms with Gasteiger partial charge < -0.3 is 5.32 Å². The molecule has 146 valence electrons. The van der Waals surface area contributed by atoms with Gasteiger partial charge in [-0.3, -0.25) is 18.7 Å². The quantitative estimate of drug-likeness (QED) is 0.666. The van der Waals surface area contributed by atoms with E-state index in [1.165, 1.54) is 23.4 Å². The summed E-state index contributed by atoms with van der Waals surface area (Å²) in [4.78, 5) is 42.4. The number of nitrogens with zero attached hydrogens (tertiary/aromatic N) is 3. The third-order valence-electron chi connectivity index (χ3n) is 4.53. The topological polar surface area (TPSA) is 86.0 Å². The van der Waals surface area contributed by atoms with E-state index < -0.39 is 11.2 Å². The van der Waals surface area contributed by atoms with E-state index in [0.717, 1.165) is 21.4 Å². The van der Waals surface area contributed by atoms with Gasteiger partial charge in [0.05, 0.1) is 11.1 Å². The Labute approximate surface area is 166 Å². The molecule has 0 saturated heterocycles. The summed E-state index contributed by atoms with van der Waals surface area (Å²) in [6, 6.07) is 7.57. The molecule has 0 bridgehead atoms. The first-order chi connectivity index (χ1) is 13.3. The van der Waals surface area contributed by atoms with Gasteiger partial charge >= 0.3 is 5.69 Å². The Kier molecular flexibility index (Phi) is 5.69. The molecule has 1 aromatic carbocycles. The van der Waals surface area contributed by atoms with Gasteiger partial charge in [-0.1, -0.05) is 19.1 Å². The van der Waals surface area contributed by atoms with Crippen LogP contribution in [0, 0.1) is 6.92 Å².